The Morgan fingerprint density at radius 1 is 1.50 bits per heavy atom. The molecule has 0 radical (unpaired) electrons. The predicted molar refractivity (Wildman–Crippen MR) is 96.4 cm³/mol. The Hall–Kier alpha value is -1.39. The first-order valence-corrected chi connectivity index (χ1v) is 8.80. The average Bonchev–Trinajstić information content (AvgIpc) is 2.52. The summed E-state index contributed by atoms with van der Waals surface area (Å²) >= 11 is 0. The summed E-state index contributed by atoms with van der Waals surface area (Å²) in [4.78, 5) is 11.6. The van der Waals surface area contributed by atoms with Gasteiger partial charge in [-0.2, -0.15) is 0 Å². The molecule has 2 atom stereocenters. The average molecular weight is 336 g/mol. The number of aliphatic hydroxyl groups excluding tert-OH is 2. The third-order valence-electron chi connectivity index (χ3n) is 4.36. The molecule has 136 valence electrons. The molecular formula is C20H32O4. The van der Waals surface area contributed by atoms with Crippen molar-refractivity contribution in [1.82, 2.24) is 0 Å². The van der Waals surface area contributed by atoms with E-state index in [0.717, 1.165) is 36.0 Å². The van der Waals surface area contributed by atoms with E-state index in [1.165, 1.54) is 0 Å². The Balaban J connectivity index is 2.43. The van der Waals surface area contributed by atoms with Gasteiger partial charge in [-0.25, -0.2) is 0 Å². The Morgan fingerprint density at radius 3 is 2.79 bits per heavy atom. The zero-order valence-corrected chi connectivity index (χ0v) is 15.3. The maximum Gasteiger partial charge on any atom is 0.306 e. The first kappa shape index (κ1) is 20.7. The van der Waals surface area contributed by atoms with Crippen LogP contribution in [-0.4, -0.2) is 35.5 Å². The van der Waals surface area contributed by atoms with Crippen molar-refractivity contribution in [3.63, 3.8) is 0 Å². The van der Waals surface area contributed by atoms with E-state index in [9.17, 15) is 9.90 Å². The van der Waals surface area contributed by atoms with Crippen LogP contribution in [0, 0.1) is 11.8 Å². The minimum atomic E-state index is -0.568. The van der Waals surface area contributed by atoms with Crippen molar-refractivity contribution in [3.05, 3.63) is 35.5 Å². The van der Waals surface area contributed by atoms with Crippen molar-refractivity contribution < 1.29 is 19.7 Å². The lowest BCUT2D eigenvalue weighted by Crippen LogP contribution is -2.25. The van der Waals surface area contributed by atoms with Gasteiger partial charge in [-0.05, 0) is 50.0 Å². The van der Waals surface area contributed by atoms with Crippen LogP contribution in [0.3, 0.4) is 0 Å². The summed E-state index contributed by atoms with van der Waals surface area (Å²) in [6.07, 6.45) is 7.04. The number of allylic oxidation sites excluding steroid dienone is 3. The minimum absolute atomic E-state index is 0.0935. The van der Waals surface area contributed by atoms with Crippen molar-refractivity contribution in [2.75, 3.05) is 13.2 Å². The second-order valence-corrected chi connectivity index (χ2v) is 7.13. The van der Waals surface area contributed by atoms with E-state index in [1.807, 2.05) is 32.9 Å². The van der Waals surface area contributed by atoms with Crippen molar-refractivity contribution in [3.8, 4) is 0 Å². The highest BCUT2D eigenvalue weighted by molar-refractivity contribution is 5.69. The molecule has 1 aliphatic rings. The lowest BCUT2D eigenvalue weighted by molar-refractivity contribution is -0.143. The molecule has 0 bridgehead atoms. The van der Waals surface area contributed by atoms with Gasteiger partial charge in [0, 0.05) is 6.42 Å². The van der Waals surface area contributed by atoms with E-state index in [0.29, 0.717) is 12.8 Å². The molecule has 0 aromatic heterocycles. The number of hydrogen-bond donors (Lipinski definition) is 2. The van der Waals surface area contributed by atoms with Crippen LogP contribution < -0.4 is 0 Å². The Labute approximate surface area is 145 Å². The van der Waals surface area contributed by atoms with Crippen molar-refractivity contribution in [1.29, 1.82) is 0 Å². The molecule has 4 heteroatoms. The quantitative estimate of drug-likeness (QED) is 0.499. The fourth-order valence-corrected chi connectivity index (χ4v) is 2.76. The van der Waals surface area contributed by atoms with Gasteiger partial charge >= 0.3 is 5.97 Å². The normalized spacial score (nSPS) is 21.6. The van der Waals surface area contributed by atoms with E-state index in [2.05, 4.69) is 6.58 Å². The molecule has 1 aliphatic carbocycles. The van der Waals surface area contributed by atoms with Crippen LogP contribution in [0.1, 0.15) is 52.9 Å². The molecule has 2 N–H and O–H groups in total. The summed E-state index contributed by atoms with van der Waals surface area (Å²) in [6.45, 7) is 10.3. The highest BCUT2D eigenvalue weighted by atomic mass is 16.5. The minimum Gasteiger partial charge on any atom is -0.461 e. The fraction of sp³-hybridized carbons (Fsp3) is 0.650. The molecule has 0 amide bonds. The van der Waals surface area contributed by atoms with Crippen molar-refractivity contribution in [2.45, 2.75) is 59.0 Å². The third-order valence-corrected chi connectivity index (χ3v) is 4.36. The highest BCUT2D eigenvalue weighted by Crippen LogP contribution is 2.31. The number of hydrogen-bond acceptors (Lipinski definition) is 4. The molecule has 0 aromatic rings. The lowest BCUT2D eigenvalue weighted by atomic mass is 9.82. The second-order valence-electron chi connectivity index (χ2n) is 7.13. The van der Waals surface area contributed by atoms with E-state index in [1.54, 1.807) is 0 Å². The third kappa shape index (κ3) is 7.45. The molecule has 0 saturated heterocycles. The molecule has 0 aliphatic heterocycles. The van der Waals surface area contributed by atoms with Gasteiger partial charge in [0.1, 0.15) is 6.61 Å². The Bertz CT molecular complexity index is 488. The number of carbonyl (C=O) groups excluding carboxylic acids is 1. The van der Waals surface area contributed by atoms with Crippen LogP contribution in [0.25, 0.3) is 0 Å². The first-order valence-electron chi connectivity index (χ1n) is 8.80. The smallest absolute Gasteiger partial charge is 0.306 e. The Morgan fingerprint density at radius 2 is 2.21 bits per heavy atom. The summed E-state index contributed by atoms with van der Waals surface area (Å²) in [5.41, 5.74) is 2.90. The maximum absolute atomic E-state index is 11.6. The summed E-state index contributed by atoms with van der Waals surface area (Å²) in [7, 11) is 0. The van der Waals surface area contributed by atoms with Gasteiger partial charge in [-0.1, -0.05) is 43.7 Å². The van der Waals surface area contributed by atoms with Gasteiger partial charge in [0.15, 0.2) is 0 Å². The molecule has 2 unspecified atom stereocenters. The molecule has 1 rings (SSSR count). The molecule has 0 saturated carbocycles. The van der Waals surface area contributed by atoms with Crippen molar-refractivity contribution in [2.24, 2.45) is 11.8 Å². The van der Waals surface area contributed by atoms with Crippen LogP contribution >= 0.6 is 0 Å². The molecular weight excluding hydrogens is 304 g/mol. The van der Waals surface area contributed by atoms with Gasteiger partial charge < -0.3 is 14.9 Å². The molecule has 24 heavy (non-hydrogen) atoms. The van der Waals surface area contributed by atoms with Crippen LogP contribution in [0.5, 0.6) is 0 Å². The van der Waals surface area contributed by atoms with Gasteiger partial charge in [0.2, 0.25) is 0 Å². The number of ether oxygens (including phenoxy) is 1. The number of aliphatic hydroxyl groups is 2. The van der Waals surface area contributed by atoms with Crippen molar-refractivity contribution >= 4 is 5.97 Å². The highest BCUT2D eigenvalue weighted by Gasteiger charge is 2.24. The number of rotatable bonds is 9. The lowest BCUT2D eigenvalue weighted by Gasteiger charge is -2.28. The number of carbonyl (C=O) groups is 1. The van der Waals surface area contributed by atoms with Gasteiger partial charge in [0.25, 0.3) is 0 Å². The second kappa shape index (κ2) is 10.5. The largest absolute Gasteiger partial charge is 0.461 e. The van der Waals surface area contributed by atoms with Gasteiger partial charge in [-0.15, -0.1) is 0 Å². The molecule has 0 heterocycles. The van der Waals surface area contributed by atoms with Crippen LogP contribution in [0.4, 0.5) is 0 Å². The van der Waals surface area contributed by atoms with E-state index in [-0.39, 0.29) is 31.0 Å². The predicted octanol–water partition coefficient (Wildman–Crippen LogP) is 3.55. The molecule has 4 nitrogen and oxygen atoms in total. The topological polar surface area (TPSA) is 66.8 Å². The zero-order valence-electron chi connectivity index (χ0n) is 15.3. The maximum atomic E-state index is 11.6. The molecule has 0 spiro atoms. The van der Waals surface area contributed by atoms with E-state index >= 15 is 0 Å². The SMILES string of the molecule is C=C(CC/C=C(\C)CO)C1CC=C(COC(=O)CC(C)C)C(O)C1. The first-order chi connectivity index (χ1) is 11.3. The van der Waals surface area contributed by atoms with Crippen LogP contribution in [0.2, 0.25) is 0 Å². The van der Waals surface area contributed by atoms with Crippen LogP contribution in [-0.2, 0) is 9.53 Å². The monoisotopic (exact) mass is 336 g/mol. The number of esters is 1. The van der Waals surface area contributed by atoms with E-state index < -0.39 is 6.10 Å². The standard InChI is InChI=1S/C20H32O4/c1-14(2)10-20(23)24-13-18-9-8-17(11-19(18)22)16(4)7-5-6-15(3)12-21/h6,9,14,17,19,21-22H,4-5,7-8,10-13H2,1-3H3/b15-6+. The molecule has 0 aromatic carbocycles. The Kier molecular flexibility index (Phi) is 9.01. The summed E-state index contributed by atoms with van der Waals surface area (Å²) < 4.78 is 5.24. The summed E-state index contributed by atoms with van der Waals surface area (Å²) in [5.74, 6) is 0.326. The molecule has 0 fully saturated rings. The van der Waals surface area contributed by atoms with Gasteiger partial charge in [-0.3, -0.25) is 4.79 Å². The summed E-state index contributed by atoms with van der Waals surface area (Å²) in [5, 5.41) is 19.3. The summed E-state index contributed by atoms with van der Waals surface area (Å²) in [6, 6.07) is 0. The van der Waals surface area contributed by atoms with Gasteiger partial charge in [0.05, 0.1) is 12.7 Å². The van der Waals surface area contributed by atoms with Crippen LogP contribution in [0.15, 0.2) is 35.5 Å². The van der Waals surface area contributed by atoms with E-state index in [4.69, 9.17) is 9.84 Å². The zero-order chi connectivity index (χ0) is 18.1. The fourth-order valence-electron chi connectivity index (χ4n) is 2.76.